The first-order chi connectivity index (χ1) is 6.72. The molecule has 1 saturated carbocycles. The number of carbonyl (C=O) groups excluding carboxylic acids is 1. The van der Waals surface area contributed by atoms with Crippen LogP contribution in [0.15, 0.2) is 0 Å². The molecule has 2 aliphatic rings. The van der Waals surface area contributed by atoms with Gasteiger partial charge < -0.3 is 0 Å². The molecule has 1 aliphatic carbocycles. The van der Waals surface area contributed by atoms with Crippen molar-refractivity contribution >= 4 is 5.78 Å². The first kappa shape index (κ1) is 10.2. The van der Waals surface area contributed by atoms with E-state index in [0.717, 1.165) is 31.3 Å². The summed E-state index contributed by atoms with van der Waals surface area (Å²) in [4.78, 5) is 13.8. The molecular weight excluding hydrogens is 174 g/mol. The maximum Gasteiger partial charge on any atom is 0.135 e. The normalized spacial score (nSPS) is 38.7. The van der Waals surface area contributed by atoms with Crippen LogP contribution in [0.4, 0.5) is 0 Å². The zero-order chi connectivity index (χ0) is 10.1. The highest BCUT2D eigenvalue weighted by atomic mass is 16.1. The SMILES string of the molecule is CCCC1CC1N1CCC(=O)CC1C. The van der Waals surface area contributed by atoms with E-state index >= 15 is 0 Å². The van der Waals surface area contributed by atoms with Gasteiger partial charge in [-0.05, 0) is 25.7 Å². The van der Waals surface area contributed by atoms with Gasteiger partial charge in [-0.15, -0.1) is 0 Å². The van der Waals surface area contributed by atoms with E-state index in [1.807, 2.05) is 0 Å². The van der Waals surface area contributed by atoms with E-state index in [1.165, 1.54) is 19.3 Å². The van der Waals surface area contributed by atoms with Gasteiger partial charge in [0, 0.05) is 31.5 Å². The average Bonchev–Trinajstić information content (AvgIpc) is 2.84. The third-order valence-electron chi connectivity index (χ3n) is 3.71. The fourth-order valence-corrected chi connectivity index (χ4v) is 2.83. The van der Waals surface area contributed by atoms with Crippen molar-refractivity contribution in [3.63, 3.8) is 0 Å². The van der Waals surface area contributed by atoms with Crippen LogP contribution in [-0.2, 0) is 4.79 Å². The number of carbonyl (C=O) groups is 1. The molecule has 3 unspecified atom stereocenters. The van der Waals surface area contributed by atoms with E-state index in [1.54, 1.807) is 0 Å². The maximum absolute atomic E-state index is 11.2. The van der Waals surface area contributed by atoms with Gasteiger partial charge in [-0.3, -0.25) is 9.69 Å². The quantitative estimate of drug-likeness (QED) is 0.688. The van der Waals surface area contributed by atoms with Crippen molar-refractivity contribution in [2.45, 2.75) is 58.0 Å². The summed E-state index contributed by atoms with van der Waals surface area (Å²) in [7, 11) is 0. The highest BCUT2D eigenvalue weighted by Gasteiger charge is 2.43. The van der Waals surface area contributed by atoms with E-state index in [2.05, 4.69) is 18.7 Å². The topological polar surface area (TPSA) is 20.3 Å². The van der Waals surface area contributed by atoms with Gasteiger partial charge >= 0.3 is 0 Å². The average molecular weight is 195 g/mol. The molecule has 0 bridgehead atoms. The van der Waals surface area contributed by atoms with E-state index in [9.17, 15) is 4.79 Å². The van der Waals surface area contributed by atoms with Crippen LogP contribution in [0, 0.1) is 5.92 Å². The van der Waals surface area contributed by atoms with Crippen molar-refractivity contribution in [2.24, 2.45) is 5.92 Å². The van der Waals surface area contributed by atoms with Gasteiger partial charge in [-0.25, -0.2) is 0 Å². The Bertz CT molecular complexity index is 226. The van der Waals surface area contributed by atoms with E-state index in [4.69, 9.17) is 0 Å². The van der Waals surface area contributed by atoms with Crippen molar-refractivity contribution in [1.82, 2.24) is 4.90 Å². The molecule has 0 aromatic heterocycles. The molecule has 1 saturated heterocycles. The number of ketones is 1. The highest BCUT2D eigenvalue weighted by Crippen LogP contribution is 2.41. The Morgan fingerprint density at radius 1 is 1.50 bits per heavy atom. The van der Waals surface area contributed by atoms with E-state index in [-0.39, 0.29) is 0 Å². The van der Waals surface area contributed by atoms with Gasteiger partial charge in [-0.2, -0.15) is 0 Å². The predicted octanol–water partition coefficient (Wildman–Crippen LogP) is 2.23. The van der Waals surface area contributed by atoms with Gasteiger partial charge in [0.15, 0.2) is 0 Å². The monoisotopic (exact) mass is 195 g/mol. The third-order valence-corrected chi connectivity index (χ3v) is 3.71. The summed E-state index contributed by atoms with van der Waals surface area (Å²) in [6.45, 7) is 5.49. The summed E-state index contributed by atoms with van der Waals surface area (Å²) in [5, 5.41) is 0. The van der Waals surface area contributed by atoms with Crippen LogP contribution in [0.3, 0.4) is 0 Å². The Hall–Kier alpha value is -0.370. The molecule has 0 aromatic carbocycles. The molecule has 2 fully saturated rings. The molecule has 0 spiro atoms. The number of nitrogens with zero attached hydrogens (tertiary/aromatic N) is 1. The lowest BCUT2D eigenvalue weighted by atomic mass is 10.0. The number of piperidine rings is 1. The minimum Gasteiger partial charge on any atom is -0.300 e. The van der Waals surface area contributed by atoms with Crippen LogP contribution in [0.5, 0.6) is 0 Å². The van der Waals surface area contributed by atoms with E-state index in [0.29, 0.717) is 11.8 Å². The maximum atomic E-state index is 11.2. The van der Waals surface area contributed by atoms with E-state index < -0.39 is 0 Å². The Morgan fingerprint density at radius 2 is 2.29 bits per heavy atom. The van der Waals surface area contributed by atoms with Crippen LogP contribution in [0.25, 0.3) is 0 Å². The van der Waals surface area contributed by atoms with Crippen LogP contribution in [-0.4, -0.2) is 29.3 Å². The fraction of sp³-hybridized carbons (Fsp3) is 0.917. The van der Waals surface area contributed by atoms with Crippen molar-refractivity contribution in [1.29, 1.82) is 0 Å². The summed E-state index contributed by atoms with van der Waals surface area (Å²) in [5.41, 5.74) is 0. The van der Waals surface area contributed by atoms with Gasteiger partial charge in [0.1, 0.15) is 5.78 Å². The molecule has 14 heavy (non-hydrogen) atoms. The minimum absolute atomic E-state index is 0.460. The first-order valence-electron chi connectivity index (χ1n) is 5.99. The largest absolute Gasteiger partial charge is 0.300 e. The van der Waals surface area contributed by atoms with Crippen molar-refractivity contribution in [3.8, 4) is 0 Å². The van der Waals surface area contributed by atoms with Crippen molar-refractivity contribution < 1.29 is 4.79 Å². The number of rotatable bonds is 3. The summed E-state index contributed by atoms with van der Waals surface area (Å²) in [6, 6.07) is 1.32. The molecule has 2 heteroatoms. The fourth-order valence-electron chi connectivity index (χ4n) is 2.83. The second-order valence-electron chi connectivity index (χ2n) is 4.93. The molecule has 2 nitrogen and oxygen atoms in total. The molecule has 1 heterocycles. The molecule has 0 amide bonds. The van der Waals surface area contributed by atoms with Crippen LogP contribution in [0.1, 0.15) is 46.0 Å². The zero-order valence-corrected chi connectivity index (χ0v) is 9.33. The molecule has 2 rings (SSSR count). The second-order valence-corrected chi connectivity index (χ2v) is 4.93. The zero-order valence-electron chi connectivity index (χ0n) is 9.33. The summed E-state index contributed by atoms with van der Waals surface area (Å²) in [5.74, 6) is 1.40. The van der Waals surface area contributed by atoms with Crippen LogP contribution < -0.4 is 0 Å². The van der Waals surface area contributed by atoms with Crippen molar-refractivity contribution in [3.05, 3.63) is 0 Å². The molecule has 0 aromatic rings. The number of Topliss-reactive ketones (excluding diaryl/α,β-unsaturated/α-hetero) is 1. The van der Waals surface area contributed by atoms with Crippen LogP contribution >= 0.6 is 0 Å². The Kier molecular flexibility index (Phi) is 2.91. The molecule has 0 radical (unpaired) electrons. The Balaban J connectivity index is 1.84. The summed E-state index contributed by atoms with van der Waals surface area (Å²) < 4.78 is 0. The molecule has 80 valence electrons. The predicted molar refractivity (Wildman–Crippen MR) is 57.2 cm³/mol. The lowest BCUT2D eigenvalue weighted by Crippen LogP contribution is -2.42. The molecular formula is C12H21NO. The van der Waals surface area contributed by atoms with Gasteiger partial charge in [0.25, 0.3) is 0 Å². The van der Waals surface area contributed by atoms with Crippen LogP contribution in [0.2, 0.25) is 0 Å². The Morgan fingerprint density at radius 3 is 2.93 bits per heavy atom. The molecule has 3 atom stereocenters. The second kappa shape index (κ2) is 4.01. The smallest absolute Gasteiger partial charge is 0.135 e. The number of likely N-dealkylation sites (tertiary alicyclic amines) is 1. The third kappa shape index (κ3) is 2.00. The Labute approximate surface area is 86.7 Å². The number of hydrogen-bond acceptors (Lipinski definition) is 2. The molecule has 0 N–H and O–H groups in total. The highest BCUT2D eigenvalue weighted by molar-refractivity contribution is 5.79. The summed E-state index contributed by atoms with van der Waals surface area (Å²) in [6.07, 6.45) is 5.64. The molecule has 1 aliphatic heterocycles. The summed E-state index contributed by atoms with van der Waals surface area (Å²) >= 11 is 0. The standard InChI is InChI=1S/C12H21NO/c1-3-4-10-8-12(10)13-6-5-11(14)7-9(13)2/h9-10,12H,3-8H2,1-2H3. The van der Waals surface area contributed by atoms with Gasteiger partial charge in [-0.1, -0.05) is 13.3 Å². The van der Waals surface area contributed by atoms with Gasteiger partial charge in [0.05, 0.1) is 0 Å². The minimum atomic E-state index is 0.460. The van der Waals surface area contributed by atoms with Crippen molar-refractivity contribution in [2.75, 3.05) is 6.54 Å². The van der Waals surface area contributed by atoms with Gasteiger partial charge in [0.2, 0.25) is 0 Å². The first-order valence-corrected chi connectivity index (χ1v) is 5.99. The number of hydrogen-bond donors (Lipinski definition) is 0. The lowest BCUT2D eigenvalue weighted by molar-refractivity contribution is -0.123. The lowest BCUT2D eigenvalue weighted by Gasteiger charge is -2.33.